The molecule has 1 N–H and O–H groups in total. The van der Waals surface area contributed by atoms with E-state index in [1.165, 1.54) is 16.4 Å². The summed E-state index contributed by atoms with van der Waals surface area (Å²) >= 11 is 0. The third-order valence-electron chi connectivity index (χ3n) is 4.20. The molecule has 2 aromatic carbocycles. The number of rotatable bonds is 8. The molecule has 2 aromatic rings. The van der Waals surface area contributed by atoms with Gasteiger partial charge in [-0.2, -0.15) is 0 Å². The summed E-state index contributed by atoms with van der Waals surface area (Å²) in [5.41, 5.74) is 2.49. The fraction of sp³-hybridized carbons (Fsp3) is 0.350. The van der Waals surface area contributed by atoms with Crippen LogP contribution in [0.1, 0.15) is 41.3 Å². The van der Waals surface area contributed by atoms with Crippen molar-refractivity contribution in [1.82, 2.24) is 9.62 Å². The number of carbonyl (C=O) groups excluding carboxylic acids is 1. The average Bonchev–Trinajstić information content (AvgIpc) is 2.65. The molecular formula is C20H26N2O3S. The van der Waals surface area contributed by atoms with Crippen LogP contribution < -0.4 is 5.32 Å². The molecule has 2 rings (SSSR count). The van der Waals surface area contributed by atoms with Crippen molar-refractivity contribution in [3.05, 3.63) is 65.2 Å². The zero-order chi connectivity index (χ0) is 19.2. The van der Waals surface area contributed by atoms with Gasteiger partial charge in [-0.05, 0) is 37.1 Å². The number of amides is 1. The zero-order valence-corrected chi connectivity index (χ0v) is 16.3. The Morgan fingerprint density at radius 1 is 1.12 bits per heavy atom. The molecule has 140 valence electrons. The van der Waals surface area contributed by atoms with Crippen molar-refractivity contribution in [2.45, 2.75) is 38.1 Å². The molecule has 1 amide bonds. The van der Waals surface area contributed by atoms with Crippen LogP contribution in [0, 0.1) is 6.92 Å². The highest BCUT2D eigenvalue weighted by Crippen LogP contribution is 2.17. The van der Waals surface area contributed by atoms with E-state index < -0.39 is 10.0 Å². The Bertz CT molecular complexity index is 846. The maximum atomic E-state index is 12.6. The van der Waals surface area contributed by atoms with Gasteiger partial charge in [-0.25, -0.2) is 12.7 Å². The second-order valence-corrected chi connectivity index (χ2v) is 8.42. The van der Waals surface area contributed by atoms with Gasteiger partial charge in [0.05, 0.1) is 4.90 Å². The van der Waals surface area contributed by atoms with Crippen molar-refractivity contribution in [2.75, 3.05) is 13.6 Å². The summed E-state index contributed by atoms with van der Waals surface area (Å²) in [4.78, 5) is 12.5. The summed E-state index contributed by atoms with van der Waals surface area (Å²) in [6, 6.07) is 14.1. The van der Waals surface area contributed by atoms with Crippen LogP contribution in [0.15, 0.2) is 53.4 Å². The van der Waals surface area contributed by atoms with Crippen molar-refractivity contribution in [2.24, 2.45) is 0 Å². The lowest BCUT2D eigenvalue weighted by Gasteiger charge is -2.17. The fourth-order valence-electron chi connectivity index (χ4n) is 2.47. The van der Waals surface area contributed by atoms with Gasteiger partial charge in [0.25, 0.3) is 5.91 Å². The van der Waals surface area contributed by atoms with Gasteiger partial charge >= 0.3 is 0 Å². The van der Waals surface area contributed by atoms with Crippen molar-refractivity contribution < 1.29 is 13.2 Å². The molecule has 0 atom stereocenters. The number of hydrogen-bond donors (Lipinski definition) is 1. The smallest absolute Gasteiger partial charge is 0.251 e. The first-order valence-corrected chi connectivity index (χ1v) is 10.2. The van der Waals surface area contributed by atoms with Crippen LogP contribution in [-0.4, -0.2) is 32.2 Å². The number of nitrogens with one attached hydrogen (secondary N) is 1. The molecule has 0 aliphatic heterocycles. The van der Waals surface area contributed by atoms with E-state index >= 15 is 0 Å². The number of carbonyl (C=O) groups is 1. The highest BCUT2D eigenvalue weighted by Gasteiger charge is 2.21. The monoisotopic (exact) mass is 374 g/mol. The van der Waals surface area contributed by atoms with Gasteiger partial charge in [-0.1, -0.05) is 49.2 Å². The third-order valence-corrected chi connectivity index (χ3v) is 6.06. The van der Waals surface area contributed by atoms with E-state index in [1.54, 1.807) is 19.2 Å². The minimum Gasteiger partial charge on any atom is -0.348 e. The Labute approximate surface area is 156 Å². The molecule has 0 saturated heterocycles. The van der Waals surface area contributed by atoms with Gasteiger partial charge in [-0.15, -0.1) is 0 Å². The maximum Gasteiger partial charge on any atom is 0.251 e. The van der Waals surface area contributed by atoms with E-state index in [-0.39, 0.29) is 10.8 Å². The van der Waals surface area contributed by atoms with E-state index in [1.807, 2.05) is 38.1 Å². The molecule has 6 heteroatoms. The van der Waals surface area contributed by atoms with Gasteiger partial charge in [0, 0.05) is 25.7 Å². The van der Waals surface area contributed by atoms with Crippen molar-refractivity contribution in [1.29, 1.82) is 0 Å². The molecule has 0 fully saturated rings. The number of aryl methyl sites for hydroxylation is 1. The quantitative estimate of drug-likeness (QED) is 0.771. The molecule has 0 spiro atoms. The highest BCUT2D eigenvalue weighted by molar-refractivity contribution is 7.89. The summed E-state index contributed by atoms with van der Waals surface area (Å²) in [5.74, 6) is -0.293. The number of hydrogen-bond acceptors (Lipinski definition) is 3. The molecule has 0 heterocycles. The van der Waals surface area contributed by atoms with Crippen LogP contribution in [0.4, 0.5) is 0 Å². The third kappa shape index (κ3) is 5.16. The molecular weight excluding hydrogens is 348 g/mol. The predicted octanol–water partition coefficient (Wildman–Crippen LogP) is 3.35. The second-order valence-electron chi connectivity index (χ2n) is 6.38. The Hall–Kier alpha value is -2.18. The molecule has 26 heavy (non-hydrogen) atoms. The first-order valence-electron chi connectivity index (χ1n) is 8.74. The highest BCUT2D eigenvalue weighted by atomic mass is 32.2. The summed E-state index contributed by atoms with van der Waals surface area (Å²) < 4.78 is 26.6. The molecule has 0 aromatic heterocycles. The fourth-order valence-corrected chi connectivity index (χ4v) is 3.72. The lowest BCUT2D eigenvalue weighted by atomic mass is 10.1. The normalized spacial score (nSPS) is 11.5. The van der Waals surface area contributed by atoms with Crippen molar-refractivity contribution >= 4 is 15.9 Å². The number of benzene rings is 2. The van der Waals surface area contributed by atoms with Gasteiger partial charge in [0.15, 0.2) is 0 Å². The van der Waals surface area contributed by atoms with Gasteiger partial charge in [0.2, 0.25) is 10.0 Å². The molecule has 0 unspecified atom stereocenters. The van der Waals surface area contributed by atoms with Crippen molar-refractivity contribution in [3.8, 4) is 0 Å². The lowest BCUT2D eigenvalue weighted by Crippen LogP contribution is -2.28. The summed E-state index contributed by atoms with van der Waals surface area (Å²) in [6.45, 7) is 4.88. The van der Waals surface area contributed by atoms with E-state index in [0.29, 0.717) is 18.7 Å². The lowest BCUT2D eigenvalue weighted by molar-refractivity contribution is 0.0950. The number of unbranched alkanes of at least 4 members (excludes halogenated alkanes) is 1. The SMILES string of the molecule is CCCCN(C)S(=O)(=O)c1cccc(C(=O)NCc2ccc(C)cc2)c1. The number of nitrogens with zero attached hydrogens (tertiary/aromatic N) is 1. The van der Waals surface area contributed by atoms with Crippen LogP contribution in [0.3, 0.4) is 0 Å². The van der Waals surface area contributed by atoms with Crippen LogP contribution >= 0.6 is 0 Å². The largest absolute Gasteiger partial charge is 0.348 e. The van der Waals surface area contributed by atoms with Crippen molar-refractivity contribution in [3.63, 3.8) is 0 Å². The van der Waals surface area contributed by atoms with E-state index in [2.05, 4.69) is 5.32 Å². The minimum atomic E-state index is -3.59. The molecule has 0 saturated carbocycles. The van der Waals surface area contributed by atoms with Crippen LogP contribution in [0.5, 0.6) is 0 Å². The van der Waals surface area contributed by atoms with E-state index in [0.717, 1.165) is 24.0 Å². The molecule has 0 aliphatic rings. The zero-order valence-electron chi connectivity index (χ0n) is 15.5. The minimum absolute atomic E-state index is 0.138. The molecule has 5 nitrogen and oxygen atoms in total. The van der Waals surface area contributed by atoms with Gasteiger partial charge in [0.1, 0.15) is 0 Å². The van der Waals surface area contributed by atoms with Crippen LogP contribution in [0.2, 0.25) is 0 Å². The number of sulfonamides is 1. The Balaban J connectivity index is 2.09. The average molecular weight is 375 g/mol. The Morgan fingerprint density at radius 2 is 1.81 bits per heavy atom. The standard InChI is InChI=1S/C20H26N2O3S/c1-4-5-13-22(3)26(24,25)19-8-6-7-18(14-19)20(23)21-15-17-11-9-16(2)10-12-17/h6-12,14H,4-5,13,15H2,1-3H3,(H,21,23). The van der Waals surface area contributed by atoms with Crippen LogP contribution in [-0.2, 0) is 16.6 Å². The van der Waals surface area contributed by atoms with Crippen LogP contribution in [0.25, 0.3) is 0 Å². The summed E-state index contributed by atoms with van der Waals surface area (Å²) in [7, 11) is -2.02. The molecule has 0 radical (unpaired) electrons. The summed E-state index contributed by atoms with van der Waals surface area (Å²) in [5, 5.41) is 2.83. The second kappa shape index (κ2) is 8.96. The molecule has 0 aliphatic carbocycles. The maximum absolute atomic E-state index is 12.6. The molecule has 0 bridgehead atoms. The Morgan fingerprint density at radius 3 is 2.46 bits per heavy atom. The van der Waals surface area contributed by atoms with Gasteiger partial charge in [-0.3, -0.25) is 4.79 Å². The predicted molar refractivity (Wildman–Crippen MR) is 104 cm³/mol. The topological polar surface area (TPSA) is 66.5 Å². The Kier molecular flexibility index (Phi) is 6.94. The summed E-state index contributed by atoms with van der Waals surface area (Å²) in [6.07, 6.45) is 1.72. The van der Waals surface area contributed by atoms with E-state index in [4.69, 9.17) is 0 Å². The van der Waals surface area contributed by atoms with Gasteiger partial charge < -0.3 is 5.32 Å². The first kappa shape index (κ1) is 20.1. The van der Waals surface area contributed by atoms with E-state index in [9.17, 15) is 13.2 Å². The first-order chi connectivity index (χ1) is 12.3.